The van der Waals surface area contributed by atoms with Gasteiger partial charge in [-0.15, -0.1) is 11.6 Å². The first-order valence-corrected chi connectivity index (χ1v) is 5.14. The summed E-state index contributed by atoms with van der Waals surface area (Å²) < 4.78 is 0. The molecule has 0 saturated carbocycles. The first-order chi connectivity index (χ1) is 6.93. The maximum absolute atomic E-state index is 10.7. The Kier molecular flexibility index (Phi) is 3.58. The molecule has 0 spiro atoms. The van der Waals surface area contributed by atoms with Gasteiger partial charge >= 0.3 is 5.97 Å². The van der Waals surface area contributed by atoms with Crippen LogP contribution in [0.4, 0.5) is 5.69 Å². The van der Waals surface area contributed by atoms with Gasteiger partial charge in [-0.1, -0.05) is 19.9 Å². The van der Waals surface area contributed by atoms with Crippen molar-refractivity contribution >= 4 is 23.3 Å². The van der Waals surface area contributed by atoms with Gasteiger partial charge in [0.25, 0.3) is 0 Å². The van der Waals surface area contributed by atoms with Gasteiger partial charge in [-0.2, -0.15) is 0 Å². The van der Waals surface area contributed by atoms with Crippen molar-refractivity contribution in [3.8, 4) is 0 Å². The fourth-order valence-electron chi connectivity index (χ4n) is 1.33. The van der Waals surface area contributed by atoms with Gasteiger partial charge in [0.15, 0.2) is 0 Å². The average Bonchev–Trinajstić information content (AvgIpc) is 2.15. The van der Waals surface area contributed by atoms with Gasteiger partial charge in [-0.25, -0.2) is 4.79 Å². The Morgan fingerprint density at radius 3 is 2.47 bits per heavy atom. The standard InChI is InChI=1S/C11H14ClNO2/c1-6(2)10(12)7-3-4-8(11(14)15)9(13)5-7/h3-6,10H,13H2,1-2H3,(H,14,15). The highest BCUT2D eigenvalue weighted by molar-refractivity contribution is 6.21. The lowest BCUT2D eigenvalue weighted by Gasteiger charge is -2.14. The van der Waals surface area contributed by atoms with Crippen LogP contribution >= 0.6 is 11.6 Å². The minimum Gasteiger partial charge on any atom is -0.478 e. The summed E-state index contributed by atoms with van der Waals surface area (Å²) in [7, 11) is 0. The molecule has 0 aliphatic carbocycles. The van der Waals surface area contributed by atoms with Gasteiger partial charge in [-0.05, 0) is 23.6 Å². The molecule has 0 heterocycles. The molecule has 0 aliphatic rings. The van der Waals surface area contributed by atoms with Gasteiger partial charge in [0, 0.05) is 5.69 Å². The Hall–Kier alpha value is -1.22. The molecule has 0 fully saturated rings. The fraction of sp³-hybridized carbons (Fsp3) is 0.364. The Balaban J connectivity index is 3.06. The van der Waals surface area contributed by atoms with Gasteiger partial charge in [0.1, 0.15) is 0 Å². The predicted octanol–water partition coefficient (Wildman–Crippen LogP) is 2.90. The minimum absolute atomic E-state index is 0.117. The highest BCUT2D eigenvalue weighted by atomic mass is 35.5. The quantitative estimate of drug-likeness (QED) is 0.617. The first-order valence-electron chi connectivity index (χ1n) is 4.70. The number of rotatable bonds is 3. The molecule has 3 N–H and O–H groups in total. The number of hydrogen-bond donors (Lipinski definition) is 2. The van der Waals surface area contributed by atoms with E-state index in [1.54, 1.807) is 12.1 Å². The zero-order valence-electron chi connectivity index (χ0n) is 8.70. The van der Waals surface area contributed by atoms with Gasteiger partial charge in [0.05, 0.1) is 10.9 Å². The Morgan fingerprint density at radius 2 is 2.07 bits per heavy atom. The van der Waals surface area contributed by atoms with E-state index in [1.165, 1.54) is 6.07 Å². The maximum Gasteiger partial charge on any atom is 0.337 e. The van der Waals surface area contributed by atoms with Crippen molar-refractivity contribution in [3.63, 3.8) is 0 Å². The lowest BCUT2D eigenvalue weighted by molar-refractivity contribution is 0.0698. The van der Waals surface area contributed by atoms with Crippen molar-refractivity contribution in [1.82, 2.24) is 0 Å². The zero-order chi connectivity index (χ0) is 11.6. The first kappa shape index (κ1) is 11.9. The maximum atomic E-state index is 10.7. The second-order valence-electron chi connectivity index (χ2n) is 3.80. The number of benzene rings is 1. The van der Waals surface area contributed by atoms with Crippen LogP contribution in [0, 0.1) is 5.92 Å². The van der Waals surface area contributed by atoms with Crippen molar-refractivity contribution in [2.45, 2.75) is 19.2 Å². The number of hydrogen-bond acceptors (Lipinski definition) is 2. The van der Waals surface area contributed by atoms with E-state index in [2.05, 4.69) is 0 Å². The van der Waals surface area contributed by atoms with Crippen LogP contribution in [-0.2, 0) is 0 Å². The van der Waals surface area contributed by atoms with Crippen LogP contribution in [0.3, 0.4) is 0 Å². The molecule has 1 aromatic rings. The summed E-state index contributed by atoms with van der Waals surface area (Å²) in [4.78, 5) is 10.7. The van der Waals surface area contributed by atoms with E-state index < -0.39 is 5.97 Å². The average molecular weight is 228 g/mol. The second kappa shape index (κ2) is 4.53. The molecule has 4 heteroatoms. The molecule has 0 aliphatic heterocycles. The van der Waals surface area contributed by atoms with Crippen LogP contribution in [0.5, 0.6) is 0 Å². The largest absolute Gasteiger partial charge is 0.478 e. The molecule has 3 nitrogen and oxygen atoms in total. The summed E-state index contributed by atoms with van der Waals surface area (Å²) in [6.45, 7) is 4.00. The summed E-state index contributed by atoms with van der Waals surface area (Å²) in [5, 5.41) is 8.65. The summed E-state index contributed by atoms with van der Waals surface area (Å²) in [5.74, 6) is -0.739. The third-order valence-electron chi connectivity index (χ3n) is 2.21. The normalized spacial score (nSPS) is 12.8. The topological polar surface area (TPSA) is 63.3 Å². The highest BCUT2D eigenvalue weighted by Crippen LogP contribution is 2.30. The smallest absolute Gasteiger partial charge is 0.337 e. The predicted molar refractivity (Wildman–Crippen MR) is 61.2 cm³/mol. The number of nitrogens with two attached hydrogens (primary N) is 1. The molecule has 0 aromatic heterocycles. The number of halogens is 1. The monoisotopic (exact) mass is 227 g/mol. The molecule has 1 aromatic carbocycles. The number of alkyl halides is 1. The molecule has 0 bridgehead atoms. The molecule has 0 radical (unpaired) electrons. The van der Waals surface area contributed by atoms with Crippen molar-refractivity contribution in [1.29, 1.82) is 0 Å². The van der Waals surface area contributed by atoms with Crippen LogP contribution < -0.4 is 5.73 Å². The number of carboxylic acid groups (broad SMARTS) is 1. The molecule has 82 valence electrons. The van der Waals surface area contributed by atoms with Gasteiger partial charge in [0.2, 0.25) is 0 Å². The van der Waals surface area contributed by atoms with Crippen molar-refractivity contribution in [2.75, 3.05) is 5.73 Å². The SMILES string of the molecule is CC(C)C(Cl)c1ccc(C(=O)O)c(N)c1. The number of carboxylic acids is 1. The van der Waals surface area contributed by atoms with Gasteiger partial charge in [-0.3, -0.25) is 0 Å². The van der Waals surface area contributed by atoms with E-state index in [-0.39, 0.29) is 22.5 Å². The second-order valence-corrected chi connectivity index (χ2v) is 4.27. The molecular weight excluding hydrogens is 214 g/mol. The molecule has 0 saturated heterocycles. The van der Waals surface area contributed by atoms with Crippen LogP contribution in [0.15, 0.2) is 18.2 Å². The van der Waals surface area contributed by atoms with Crippen molar-refractivity contribution in [3.05, 3.63) is 29.3 Å². The van der Waals surface area contributed by atoms with Crippen LogP contribution in [0.25, 0.3) is 0 Å². The number of nitrogen functional groups attached to an aromatic ring is 1. The highest BCUT2D eigenvalue weighted by Gasteiger charge is 2.15. The van der Waals surface area contributed by atoms with E-state index in [0.717, 1.165) is 5.56 Å². The summed E-state index contributed by atoms with van der Waals surface area (Å²) in [5.41, 5.74) is 6.85. The number of carbonyl (C=O) groups is 1. The van der Waals surface area contributed by atoms with Crippen LogP contribution in [0.2, 0.25) is 0 Å². The Morgan fingerprint density at radius 1 is 1.47 bits per heavy atom. The van der Waals surface area contributed by atoms with E-state index in [0.29, 0.717) is 0 Å². The molecule has 15 heavy (non-hydrogen) atoms. The molecule has 0 amide bonds. The number of aromatic carboxylic acids is 1. The Bertz CT molecular complexity index is 377. The van der Waals surface area contributed by atoms with Crippen molar-refractivity contribution in [2.24, 2.45) is 5.92 Å². The number of anilines is 1. The molecule has 1 unspecified atom stereocenters. The van der Waals surface area contributed by atoms with E-state index in [4.69, 9.17) is 22.4 Å². The summed E-state index contributed by atoms with van der Waals surface area (Å²) in [6.07, 6.45) is 0. The third-order valence-corrected chi connectivity index (χ3v) is 2.97. The molecule has 1 atom stereocenters. The van der Waals surface area contributed by atoms with E-state index in [9.17, 15) is 4.79 Å². The van der Waals surface area contributed by atoms with E-state index >= 15 is 0 Å². The van der Waals surface area contributed by atoms with Crippen molar-refractivity contribution < 1.29 is 9.90 Å². The lowest BCUT2D eigenvalue weighted by atomic mass is 10.00. The zero-order valence-corrected chi connectivity index (χ0v) is 9.45. The van der Waals surface area contributed by atoms with Gasteiger partial charge < -0.3 is 10.8 Å². The third kappa shape index (κ3) is 2.63. The van der Waals surface area contributed by atoms with Crippen LogP contribution in [0.1, 0.15) is 35.1 Å². The molecule has 1 rings (SSSR count). The van der Waals surface area contributed by atoms with Crippen LogP contribution in [-0.4, -0.2) is 11.1 Å². The lowest BCUT2D eigenvalue weighted by Crippen LogP contribution is -2.05. The minimum atomic E-state index is -1.02. The fourth-order valence-corrected chi connectivity index (χ4v) is 1.47. The van der Waals surface area contributed by atoms with E-state index in [1.807, 2.05) is 13.8 Å². The summed E-state index contributed by atoms with van der Waals surface area (Å²) >= 11 is 6.14. The molecular formula is C11H14ClNO2. The summed E-state index contributed by atoms with van der Waals surface area (Å²) in [6, 6.07) is 4.82. The Labute approximate surface area is 93.9 Å².